The van der Waals surface area contributed by atoms with E-state index < -0.39 is 0 Å². The maximum absolute atomic E-state index is 14.3. The van der Waals surface area contributed by atoms with E-state index in [4.69, 9.17) is 9.47 Å². The van der Waals surface area contributed by atoms with Gasteiger partial charge in [-0.2, -0.15) is 0 Å². The van der Waals surface area contributed by atoms with Crippen LogP contribution in [0.5, 0.6) is 5.75 Å². The van der Waals surface area contributed by atoms with Crippen LogP contribution in [0.4, 0.5) is 9.18 Å². The standard InChI is InChI=1S/C22H22FNO3/c1-26-19-9-10-21(23)20(13-19)16-11-17-7-8-18(12-16)24(17)22(25)27-14-15-5-3-2-4-6-15/h2-6,9-11,13,17-18H,7-8,12,14H2,1H3. The van der Waals surface area contributed by atoms with Gasteiger partial charge in [0, 0.05) is 11.6 Å². The minimum Gasteiger partial charge on any atom is -0.497 e. The fraction of sp³-hybridized carbons (Fsp3) is 0.318. The largest absolute Gasteiger partial charge is 0.497 e. The predicted octanol–water partition coefficient (Wildman–Crippen LogP) is 4.79. The summed E-state index contributed by atoms with van der Waals surface area (Å²) in [6.45, 7) is 0.261. The number of benzene rings is 2. The second kappa shape index (κ2) is 7.43. The molecule has 4 nitrogen and oxygen atoms in total. The van der Waals surface area contributed by atoms with Gasteiger partial charge >= 0.3 is 6.09 Å². The predicted molar refractivity (Wildman–Crippen MR) is 101 cm³/mol. The van der Waals surface area contributed by atoms with Gasteiger partial charge in [-0.15, -0.1) is 0 Å². The number of hydrogen-bond acceptors (Lipinski definition) is 3. The molecule has 2 aliphatic heterocycles. The zero-order valence-corrected chi connectivity index (χ0v) is 15.2. The zero-order chi connectivity index (χ0) is 18.8. The number of carbonyl (C=O) groups is 1. The Morgan fingerprint density at radius 3 is 2.74 bits per heavy atom. The van der Waals surface area contributed by atoms with Crippen LogP contribution in [0, 0.1) is 5.82 Å². The van der Waals surface area contributed by atoms with Gasteiger partial charge < -0.3 is 9.47 Å². The summed E-state index contributed by atoms with van der Waals surface area (Å²) in [5.41, 5.74) is 2.46. The summed E-state index contributed by atoms with van der Waals surface area (Å²) in [6.07, 6.45) is 4.11. The molecule has 0 N–H and O–H groups in total. The maximum atomic E-state index is 14.3. The molecule has 27 heavy (non-hydrogen) atoms. The number of ether oxygens (including phenoxy) is 2. The SMILES string of the molecule is COc1ccc(F)c(C2=CC3CCC(C2)N3C(=O)OCc2ccccc2)c1. The average Bonchev–Trinajstić information content (AvgIpc) is 2.97. The second-order valence-corrected chi connectivity index (χ2v) is 6.99. The van der Waals surface area contributed by atoms with Gasteiger partial charge in [-0.1, -0.05) is 36.4 Å². The van der Waals surface area contributed by atoms with E-state index >= 15 is 0 Å². The Morgan fingerprint density at radius 2 is 2.00 bits per heavy atom. The van der Waals surface area contributed by atoms with Gasteiger partial charge in [-0.25, -0.2) is 9.18 Å². The number of carbonyl (C=O) groups excluding carboxylic acids is 1. The summed E-state index contributed by atoms with van der Waals surface area (Å²) in [5, 5.41) is 0. The van der Waals surface area contributed by atoms with Crippen molar-refractivity contribution in [2.24, 2.45) is 0 Å². The molecule has 4 rings (SSSR count). The molecule has 2 aliphatic rings. The summed E-state index contributed by atoms with van der Waals surface area (Å²) in [5.74, 6) is 0.367. The third-order valence-electron chi connectivity index (χ3n) is 5.33. The number of nitrogens with zero attached hydrogens (tertiary/aromatic N) is 1. The van der Waals surface area contributed by atoms with Crippen LogP contribution in [0.25, 0.3) is 5.57 Å². The second-order valence-electron chi connectivity index (χ2n) is 6.99. The van der Waals surface area contributed by atoms with Gasteiger partial charge in [-0.3, -0.25) is 4.90 Å². The van der Waals surface area contributed by atoms with Crippen LogP contribution in [0.1, 0.15) is 30.4 Å². The number of rotatable bonds is 4. The Kier molecular flexibility index (Phi) is 4.84. The summed E-state index contributed by atoms with van der Waals surface area (Å²) < 4.78 is 25.1. The molecule has 2 aromatic carbocycles. The fourth-order valence-corrected chi connectivity index (χ4v) is 3.99. The summed E-state index contributed by atoms with van der Waals surface area (Å²) >= 11 is 0. The lowest BCUT2D eigenvalue weighted by Crippen LogP contribution is -2.43. The molecule has 0 aliphatic carbocycles. The first-order valence-electron chi connectivity index (χ1n) is 9.19. The van der Waals surface area contributed by atoms with Crippen molar-refractivity contribution in [3.05, 3.63) is 71.6 Å². The highest BCUT2D eigenvalue weighted by Gasteiger charge is 2.41. The molecule has 0 aromatic heterocycles. The van der Waals surface area contributed by atoms with E-state index in [0.717, 1.165) is 24.0 Å². The van der Waals surface area contributed by atoms with Crippen LogP contribution < -0.4 is 4.74 Å². The van der Waals surface area contributed by atoms with Crippen LogP contribution in [-0.2, 0) is 11.3 Å². The van der Waals surface area contributed by atoms with Gasteiger partial charge in [0.1, 0.15) is 18.2 Å². The van der Waals surface area contributed by atoms with Crippen molar-refractivity contribution in [1.82, 2.24) is 4.90 Å². The quantitative estimate of drug-likeness (QED) is 0.780. The monoisotopic (exact) mass is 367 g/mol. The lowest BCUT2D eigenvalue weighted by molar-refractivity contribution is 0.0832. The van der Waals surface area contributed by atoms with Gasteiger partial charge in [0.25, 0.3) is 0 Å². The first-order chi connectivity index (χ1) is 13.2. The normalized spacial score (nSPS) is 21.0. The molecule has 2 unspecified atom stereocenters. The van der Waals surface area contributed by atoms with E-state index in [1.54, 1.807) is 19.2 Å². The molecule has 2 bridgehead atoms. The Balaban J connectivity index is 1.50. The molecule has 5 heteroatoms. The van der Waals surface area contributed by atoms with Crippen molar-refractivity contribution < 1.29 is 18.7 Å². The highest BCUT2D eigenvalue weighted by atomic mass is 19.1. The van der Waals surface area contributed by atoms with E-state index in [1.165, 1.54) is 6.07 Å². The van der Waals surface area contributed by atoms with E-state index in [2.05, 4.69) is 0 Å². The van der Waals surface area contributed by atoms with Crippen molar-refractivity contribution in [3.63, 3.8) is 0 Å². The van der Waals surface area contributed by atoms with Gasteiger partial charge in [-0.05, 0) is 48.6 Å². The van der Waals surface area contributed by atoms with E-state index in [0.29, 0.717) is 17.7 Å². The summed E-state index contributed by atoms with van der Waals surface area (Å²) in [4.78, 5) is 14.4. The average molecular weight is 367 g/mol. The highest BCUT2D eigenvalue weighted by Crippen LogP contribution is 2.40. The molecule has 1 saturated heterocycles. The number of amides is 1. The first-order valence-corrected chi connectivity index (χ1v) is 9.19. The van der Waals surface area contributed by atoms with Crippen LogP contribution in [0.2, 0.25) is 0 Å². The summed E-state index contributed by atoms with van der Waals surface area (Å²) in [7, 11) is 1.57. The Morgan fingerprint density at radius 1 is 1.19 bits per heavy atom. The molecule has 0 radical (unpaired) electrons. The molecule has 2 atom stereocenters. The molecular weight excluding hydrogens is 345 g/mol. The number of methoxy groups -OCH3 is 1. The Hall–Kier alpha value is -2.82. The topological polar surface area (TPSA) is 38.8 Å². The maximum Gasteiger partial charge on any atom is 0.410 e. The molecule has 0 saturated carbocycles. The van der Waals surface area contributed by atoms with Crippen molar-refractivity contribution >= 4 is 11.7 Å². The molecule has 2 aromatic rings. The van der Waals surface area contributed by atoms with Crippen LogP contribution in [0.15, 0.2) is 54.6 Å². The first kappa shape index (κ1) is 17.6. The van der Waals surface area contributed by atoms with Crippen LogP contribution >= 0.6 is 0 Å². The third-order valence-corrected chi connectivity index (χ3v) is 5.33. The Labute approximate surface area is 158 Å². The number of hydrogen-bond donors (Lipinski definition) is 0. The molecule has 2 heterocycles. The van der Waals surface area contributed by atoms with Gasteiger partial charge in [0.2, 0.25) is 0 Å². The fourth-order valence-electron chi connectivity index (χ4n) is 3.99. The Bertz CT molecular complexity index is 865. The lowest BCUT2D eigenvalue weighted by atomic mass is 9.94. The smallest absolute Gasteiger partial charge is 0.410 e. The van der Waals surface area contributed by atoms with Crippen molar-refractivity contribution in [2.75, 3.05) is 7.11 Å². The van der Waals surface area contributed by atoms with Gasteiger partial charge in [0.15, 0.2) is 0 Å². The minimum absolute atomic E-state index is 0.0453. The summed E-state index contributed by atoms with van der Waals surface area (Å²) in [6, 6.07) is 14.4. The number of halogens is 1. The van der Waals surface area contributed by atoms with Crippen molar-refractivity contribution in [2.45, 2.75) is 38.0 Å². The zero-order valence-electron chi connectivity index (χ0n) is 15.2. The van der Waals surface area contributed by atoms with Crippen molar-refractivity contribution in [3.8, 4) is 5.75 Å². The molecular formula is C22H22FNO3. The van der Waals surface area contributed by atoms with E-state index in [9.17, 15) is 9.18 Å². The molecule has 140 valence electrons. The third kappa shape index (κ3) is 3.54. The lowest BCUT2D eigenvalue weighted by Gasteiger charge is -2.33. The van der Waals surface area contributed by atoms with Crippen LogP contribution in [-0.4, -0.2) is 30.2 Å². The van der Waals surface area contributed by atoms with E-state index in [-0.39, 0.29) is 30.6 Å². The van der Waals surface area contributed by atoms with Gasteiger partial charge in [0.05, 0.1) is 13.2 Å². The molecule has 0 spiro atoms. The minimum atomic E-state index is -0.298. The molecule has 1 amide bonds. The van der Waals surface area contributed by atoms with Crippen LogP contribution in [0.3, 0.4) is 0 Å². The van der Waals surface area contributed by atoms with E-state index in [1.807, 2.05) is 41.3 Å². The van der Waals surface area contributed by atoms with Crippen molar-refractivity contribution in [1.29, 1.82) is 0 Å². The highest BCUT2D eigenvalue weighted by molar-refractivity contribution is 5.75. The molecule has 1 fully saturated rings. The number of fused-ring (bicyclic) bond motifs is 2.